The SMILES string of the molecule is CC(=O)[C@]1(O)Cc2c(O)c3c(c(O)c2[C@H](OC2CC(O)C(NCc4ccc(N)cc4)C(C)O2)C1)C(=O)c1c(C=O)cccc1C3=O. The van der Waals surface area contributed by atoms with Crippen molar-refractivity contribution >= 4 is 29.3 Å². The summed E-state index contributed by atoms with van der Waals surface area (Å²) in [5.41, 5.74) is 3.67. The normalized spacial score (nSPS) is 27.0. The average molecular weight is 631 g/mol. The van der Waals surface area contributed by atoms with Crippen molar-refractivity contribution in [2.45, 2.75) is 75.9 Å². The van der Waals surface area contributed by atoms with Gasteiger partial charge >= 0.3 is 0 Å². The summed E-state index contributed by atoms with van der Waals surface area (Å²) in [6.45, 7) is 3.35. The van der Waals surface area contributed by atoms with E-state index in [9.17, 15) is 39.6 Å². The molecule has 4 unspecified atom stereocenters. The van der Waals surface area contributed by atoms with E-state index in [4.69, 9.17) is 15.2 Å². The van der Waals surface area contributed by atoms with Crippen LogP contribution in [0.15, 0.2) is 42.5 Å². The zero-order valence-corrected chi connectivity index (χ0v) is 25.1. The third-order valence-electron chi connectivity index (χ3n) is 9.27. The second kappa shape index (κ2) is 11.7. The highest BCUT2D eigenvalue weighted by molar-refractivity contribution is 6.32. The molecule has 2 aliphatic carbocycles. The lowest BCUT2D eigenvalue weighted by Gasteiger charge is -2.43. The maximum absolute atomic E-state index is 13.7. The van der Waals surface area contributed by atoms with Crippen molar-refractivity contribution < 1.29 is 49.1 Å². The molecule has 12 heteroatoms. The van der Waals surface area contributed by atoms with Crippen LogP contribution in [0.3, 0.4) is 0 Å². The van der Waals surface area contributed by atoms with E-state index in [-0.39, 0.29) is 40.7 Å². The number of ether oxygens (including phenoxy) is 2. The number of nitrogens with one attached hydrogen (secondary N) is 1. The summed E-state index contributed by atoms with van der Waals surface area (Å²) in [5, 5.41) is 48.8. The molecule has 6 rings (SSSR count). The van der Waals surface area contributed by atoms with Crippen LogP contribution in [0.25, 0.3) is 0 Å². The van der Waals surface area contributed by atoms with Crippen molar-refractivity contribution in [2.75, 3.05) is 5.73 Å². The molecule has 6 atom stereocenters. The lowest BCUT2D eigenvalue weighted by molar-refractivity contribution is -0.246. The van der Waals surface area contributed by atoms with Gasteiger partial charge in [-0.25, -0.2) is 0 Å². The molecule has 3 aliphatic rings. The lowest BCUT2D eigenvalue weighted by atomic mass is 9.71. The number of nitrogens with two attached hydrogens (primary N) is 1. The van der Waals surface area contributed by atoms with E-state index >= 15 is 0 Å². The first-order valence-corrected chi connectivity index (χ1v) is 14.9. The minimum absolute atomic E-state index is 0.0285. The standard InChI is InChI=1S/C34H34N2O10/c1-15-29(36-13-17-6-8-19(35)9-7-17)22(39)10-24(45-15)46-23-12-34(44,16(2)38)11-21-26(23)33(43)28-27(31(21)41)30(40)20-5-3-4-18(14-37)25(20)32(28)42/h3-9,14-15,22-24,29,36,39,41,43-44H,10-13,35H2,1-2H3/t15?,22?,23-,24?,29?,34+/m1/s1. The number of phenols is 2. The van der Waals surface area contributed by atoms with Crippen LogP contribution >= 0.6 is 0 Å². The van der Waals surface area contributed by atoms with Gasteiger partial charge < -0.3 is 41.0 Å². The summed E-state index contributed by atoms with van der Waals surface area (Å²) in [6.07, 6.45) is -4.34. The number of aldehydes is 1. The van der Waals surface area contributed by atoms with E-state index in [1.165, 1.54) is 25.1 Å². The van der Waals surface area contributed by atoms with Crippen LogP contribution in [0.2, 0.25) is 0 Å². The molecule has 12 nitrogen and oxygen atoms in total. The number of aliphatic hydroxyl groups excluding tert-OH is 1. The lowest BCUT2D eigenvalue weighted by Crippen LogP contribution is -2.55. The average Bonchev–Trinajstić information content (AvgIpc) is 3.01. The predicted molar refractivity (Wildman–Crippen MR) is 163 cm³/mol. The molecule has 7 N–H and O–H groups in total. The topological polar surface area (TPSA) is 206 Å². The van der Waals surface area contributed by atoms with E-state index in [1.54, 1.807) is 19.1 Å². The van der Waals surface area contributed by atoms with Gasteiger partial charge in [-0.05, 0) is 31.5 Å². The van der Waals surface area contributed by atoms with Crippen LogP contribution in [-0.4, -0.2) is 74.2 Å². The predicted octanol–water partition coefficient (Wildman–Crippen LogP) is 2.25. The number of anilines is 1. The molecular formula is C34H34N2O10. The van der Waals surface area contributed by atoms with Crippen molar-refractivity contribution in [1.82, 2.24) is 5.32 Å². The number of carbonyl (C=O) groups excluding carboxylic acids is 4. The number of fused-ring (bicyclic) bond motifs is 3. The Morgan fingerprint density at radius 2 is 1.78 bits per heavy atom. The van der Waals surface area contributed by atoms with E-state index in [0.29, 0.717) is 18.5 Å². The number of phenolic OH excluding ortho intramolecular Hbond substituents is 2. The molecule has 0 bridgehead atoms. The number of rotatable bonds is 7. The van der Waals surface area contributed by atoms with Gasteiger partial charge in [-0.2, -0.15) is 0 Å². The molecule has 0 saturated carbocycles. The van der Waals surface area contributed by atoms with Crippen LogP contribution in [0.5, 0.6) is 11.5 Å². The Morgan fingerprint density at radius 1 is 1.09 bits per heavy atom. The number of aromatic hydroxyl groups is 2. The number of nitrogen functional groups attached to an aromatic ring is 1. The fourth-order valence-corrected chi connectivity index (χ4v) is 6.77. The summed E-state index contributed by atoms with van der Waals surface area (Å²) >= 11 is 0. The van der Waals surface area contributed by atoms with Crippen LogP contribution in [-0.2, 0) is 27.2 Å². The van der Waals surface area contributed by atoms with E-state index in [1.807, 2.05) is 12.1 Å². The minimum atomic E-state index is -2.05. The Labute approximate surface area is 263 Å². The third kappa shape index (κ3) is 5.17. The second-order valence-corrected chi connectivity index (χ2v) is 12.2. The number of Topliss-reactive ketones (excluding diaryl/α,β-unsaturated/α-hetero) is 1. The Kier molecular flexibility index (Phi) is 8.03. The molecule has 0 radical (unpaired) electrons. The molecule has 46 heavy (non-hydrogen) atoms. The summed E-state index contributed by atoms with van der Waals surface area (Å²) in [7, 11) is 0. The molecule has 0 aromatic heterocycles. The molecule has 0 amide bonds. The van der Waals surface area contributed by atoms with E-state index < -0.39 is 82.6 Å². The monoisotopic (exact) mass is 630 g/mol. The Bertz CT molecular complexity index is 1760. The number of hydrogen-bond acceptors (Lipinski definition) is 12. The molecule has 0 spiro atoms. The summed E-state index contributed by atoms with van der Waals surface area (Å²) in [6, 6.07) is 10.9. The highest BCUT2D eigenvalue weighted by Crippen LogP contribution is 2.52. The molecule has 1 fully saturated rings. The van der Waals surface area contributed by atoms with Gasteiger partial charge in [0.25, 0.3) is 0 Å². The van der Waals surface area contributed by atoms with E-state index in [0.717, 1.165) is 5.56 Å². The maximum Gasteiger partial charge on any atom is 0.199 e. The molecule has 1 aliphatic heterocycles. The number of ketones is 3. The largest absolute Gasteiger partial charge is 0.507 e. The van der Waals surface area contributed by atoms with Gasteiger partial charge in [0.1, 0.15) is 17.1 Å². The smallest absolute Gasteiger partial charge is 0.199 e. The first kappa shape index (κ1) is 31.5. The van der Waals surface area contributed by atoms with Crippen molar-refractivity contribution in [2.24, 2.45) is 0 Å². The van der Waals surface area contributed by atoms with Gasteiger partial charge in [-0.1, -0.05) is 30.3 Å². The van der Waals surface area contributed by atoms with Gasteiger partial charge in [-0.3, -0.25) is 19.2 Å². The summed E-state index contributed by atoms with van der Waals surface area (Å²) in [4.78, 5) is 51.7. The number of hydrogen-bond donors (Lipinski definition) is 6. The Balaban J connectivity index is 1.34. The maximum atomic E-state index is 13.7. The molecule has 240 valence electrons. The first-order valence-electron chi connectivity index (χ1n) is 14.9. The highest BCUT2D eigenvalue weighted by atomic mass is 16.7. The van der Waals surface area contributed by atoms with Crippen LogP contribution < -0.4 is 11.1 Å². The number of carbonyl (C=O) groups is 4. The Hall–Kier alpha value is -4.46. The molecular weight excluding hydrogens is 596 g/mol. The minimum Gasteiger partial charge on any atom is -0.507 e. The van der Waals surface area contributed by atoms with Crippen molar-refractivity contribution in [3.8, 4) is 11.5 Å². The third-order valence-corrected chi connectivity index (χ3v) is 9.27. The second-order valence-electron chi connectivity index (χ2n) is 12.2. The highest BCUT2D eigenvalue weighted by Gasteiger charge is 2.49. The first-order chi connectivity index (χ1) is 21.8. The fourth-order valence-electron chi connectivity index (χ4n) is 6.77. The summed E-state index contributed by atoms with van der Waals surface area (Å²) < 4.78 is 12.3. The zero-order chi connectivity index (χ0) is 33.1. The van der Waals surface area contributed by atoms with Crippen molar-refractivity contribution in [1.29, 1.82) is 0 Å². The fraction of sp³-hybridized carbons (Fsp3) is 0.353. The van der Waals surface area contributed by atoms with Crippen molar-refractivity contribution in [3.05, 3.63) is 87.0 Å². The van der Waals surface area contributed by atoms with Gasteiger partial charge in [0.05, 0.1) is 35.5 Å². The van der Waals surface area contributed by atoms with Crippen LogP contribution in [0, 0.1) is 0 Å². The number of benzene rings is 3. The van der Waals surface area contributed by atoms with Gasteiger partial charge in [0, 0.05) is 59.3 Å². The summed E-state index contributed by atoms with van der Waals surface area (Å²) in [5.74, 6) is -3.64. The zero-order valence-electron chi connectivity index (χ0n) is 25.1. The molecule has 3 aromatic carbocycles. The van der Waals surface area contributed by atoms with Gasteiger partial charge in [0.15, 0.2) is 29.9 Å². The van der Waals surface area contributed by atoms with E-state index in [2.05, 4.69) is 5.32 Å². The number of aliphatic hydroxyl groups is 2. The van der Waals surface area contributed by atoms with Crippen LogP contribution in [0.4, 0.5) is 5.69 Å². The van der Waals surface area contributed by atoms with Crippen molar-refractivity contribution in [3.63, 3.8) is 0 Å². The Morgan fingerprint density at radius 3 is 2.43 bits per heavy atom. The molecule has 1 saturated heterocycles. The molecule has 1 heterocycles. The van der Waals surface area contributed by atoms with Crippen LogP contribution in [0.1, 0.15) is 91.7 Å². The molecule has 3 aromatic rings. The van der Waals surface area contributed by atoms with Gasteiger partial charge in [0.2, 0.25) is 0 Å². The quantitative estimate of drug-likeness (QED) is 0.0988. The van der Waals surface area contributed by atoms with Gasteiger partial charge in [-0.15, -0.1) is 0 Å².